The molecule has 1 aromatic carbocycles. The number of piperidine rings is 1. The Hall–Kier alpha value is -0.610. The molecule has 0 bridgehead atoms. The first kappa shape index (κ1) is 14.8. The molecular formula is C14H16BrClFNO. The van der Waals surface area contributed by atoms with Gasteiger partial charge in [-0.25, -0.2) is 4.39 Å². The number of hydrogen-bond acceptors (Lipinski definition) is 1. The normalized spacial score (nSPS) is 19.5. The molecular weight excluding hydrogens is 333 g/mol. The van der Waals surface area contributed by atoms with Crippen LogP contribution >= 0.6 is 27.5 Å². The van der Waals surface area contributed by atoms with Crippen LogP contribution in [-0.2, 0) is 0 Å². The number of amides is 1. The highest BCUT2D eigenvalue weighted by Crippen LogP contribution is 2.26. The minimum absolute atomic E-state index is 0.129. The average Bonchev–Trinajstić information content (AvgIpc) is 2.39. The van der Waals surface area contributed by atoms with Crippen molar-refractivity contribution >= 4 is 33.4 Å². The number of hydrogen-bond donors (Lipinski definition) is 0. The maximum absolute atomic E-state index is 13.9. The molecule has 2 nitrogen and oxygen atoms in total. The number of likely N-dealkylation sites (tertiary alicyclic amines) is 1. The molecule has 1 unspecified atom stereocenters. The Morgan fingerprint density at radius 1 is 1.47 bits per heavy atom. The fourth-order valence-electron chi connectivity index (χ4n) is 2.54. The molecule has 0 spiro atoms. The van der Waals surface area contributed by atoms with Gasteiger partial charge in [-0.05, 0) is 53.7 Å². The zero-order valence-corrected chi connectivity index (χ0v) is 12.9. The van der Waals surface area contributed by atoms with E-state index in [0.717, 1.165) is 25.7 Å². The Kier molecular flexibility index (Phi) is 5.22. The molecule has 0 saturated carbocycles. The molecule has 104 valence electrons. The average molecular weight is 349 g/mol. The van der Waals surface area contributed by atoms with Gasteiger partial charge in [0.1, 0.15) is 5.82 Å². The monoisotopic (exact) mass is 347 g/mol. The lowest BCUT2D eigenvalue weighted by molar-refractivity contribution is 0.0603. The Balaban J connectivity index is 2.26. The Morgan fingerprint density at radius 3 is 2.95 bits per heavy atom. The Labute approximate surface area is 126 Å². The van der Waals surface area contributed by atoms with Crippen LogP contribution in [0.5, 0.6) is 0 Å². The summed E-state index contributed by atoms with van der Waals surface area (Å²) in [6, 6.07) is 4.73. The third-order valence-corrected chi connectivity index (χ3v) is 4.39. The van der Waals surface area contributed by atoms with Crippen LogP contribution in [0.15, 0.2) is 22.7 Å². The molecule has 5 heteroatoms. The molecule has 1 saturated heterocycles. The molecule has 1 aliphatic heterocycles. The van der Waals surface area contributed by atoms with E-state index in [2.05, 4.69) is 15.9 Å². The first-order chi connectivity index (χ1) is 9.15. The summed E-state index contributed by atoms with van der Waals surface area (Å²) in [5, 5.41) is 0. The van der Waals surface area contributed by atoms with Crippen molar-refractivity contribution in [3.05, 3.63) is 34.1 Å². The van der Waals surface area contributed by atoms with Gasteiger partial charge in [0.25, 0.3) is 5.91 Å². The van der Waals surface area contributed by atoms with Gasteiger partial charge in [-0.15, -0.1) is 11.6 Å². The lowest BCUT2D eigenvalue weighted by atomic mass is 9.98. The summed E-state index contributed by atoms with van der Waals surface area (Å²) in [5.74, 6) is -0.193. The van der Waals surface area contributed by atoms with Gasteiger partial charge in [0.05, 0.1) is 5.56 Å². The lowest BCUT2D eigenvalue weighted by Crippen LogP contribution is -2.44. The fraction of sp³-hybridized carbons (Fsp3) is 0.500. The fourth-order valence-corrected chi connectivity index (χ4v) is 3.30. The lowest BCUT2D eigenvalue weighted by Gasteiger charge is -2.35. The van der Waals surface area contributed by atoms with Crippen molar-refractivity contribution in [2.45, 2.75) is 31.7 Å². The van der Waals surface area contributed by atoms with Gasteiger partial charge in [0, 0.05) is 22.9 Å². The number of rotatable bonds is 3. The third kappa shape index (κ3) is 3.29. The van der Waals surface area contributed by atoms with E-state index in [9.17, 15) is 9.18 Å². The first-order valence-corrected chi connectivity index (χ1v) is 7.79. The van der Waals surface area contributed by atoms with Crippen LogP contribution in [0.2, 0.25) is 0 Å². The van der Waals surface area contributed by atoms with Gasteiger partial charge in [-0.3, -0.25) is 4.79 Å². The summed E-state index contributed by atoms with van der Waals surface area (Å²) < 4.78 is 14.4. The molecule has 0 N–H and O–H groups in total. The van der Waals surface area contributed by atoms with Crippen LogP contribution in [0.4, 0.5) is 4.39 Å². The van der Waals surface area contributed by atoms with Crippen molar-refractivity contribution in [2.75, 3.05) is 12.4 Å². The largest absolute Gasteiger partial charge is 0.335 e. The van der Waals surface area contributed by atoms with Crippen molar-refractivity contribution < 1.29 is 9.18 Å². The van der Waals surface area contributed by atoms with Crippen molar-refractivity contribution in [3.8, 4) is 0 Å². The second-order valence-corrected chi connectivity index (χ2v) is 5.95. The van der Waals surface area contributed by atoms with E-state index < -0.39 is 5.82 Å². The van der Waals surface area contributed by atoms with E-state index in [4.69, 9.17) is 11.6 Å². The molecule has 19 heavy (non-hydrogen) atoms. The second-order valence-electron chi connectivity index (χ2n) is 4.72. The van der Waals surface area contributed by atoms with Crippen molar-refractivity contribution in [1.29, 1.82) is 0 Å². The summed E-state index contributed by atoms with van der Waals surface area (Å²) in [4.78, 5) is 14.3. The number of benzene rings is 1. The second kappa shape index (κ2) is 6.71. The minimum Gasteiger partial charge on any atom is -0.335 e. The number of alkyl halides is 1. The molecule has 1 heterocycles. The van der Waals surface area contributed by atoms with Crippen molar-refractivity contribution in [2.24, 2.45) is 0 Å². The van der Waals surface area contributed by atoms with Gasteiger partial charge in [-0.2, -0.15) is 0 Å². The van der Waals surface area contributed by atoms with Gasteiger partial charge in [0.15, 0.2) is 0 Å². The molecule has 1 aromatic rings. The quantitative estimate of drug-likeness (QED) is 0.749. The topological polar surface area (TPSA) is 20.3 Å². The molecule has 1 atom stereocenters. The number of carbonyl (C=O) groups is 1. The third-order valence-electron chi connectivity index (χ3n) is 3.51. The van der Waals surface area contributed by atoms with Crippen molar-refractivity contribution in [1.82, 2.24) is 4.90 Å². The van der Waals surface area contributed by atoms with E-state index in [1.54, 1.807) is 17.0 Å². The highest BCUT2D eigenvalue weighted by molar-refractivity contribution is 9.10. The maximum atomic E-state index is 13.9. The highest BCUT2D eigenvalue weighted by Gasteiger charge is 2.29. The summed E-state index contributed by atoms with van der Waals surface area (Å²) in [6.07, 6.45) is 3.78. The van der Waals surface area contributed by atoms with E-state index in [0.29, 0.717) is 16.9 Å². The predicted molar refractivity (Wildman–Crippen MR) is 78.1 cm³/mol. The van der Waals surface area contributed by atoms with Crippen LogP contribution in [0.3, 0.4) is 0 Å². The number of nitrogens with zero attached hydrogens (tertiary/aromatic N) is 1. The van der Waals surface area contributed by atoms with Gasteiger partial charge in [-0.1, -0.05) is 6.07 Å². The summed E-state index contributed by atoms with van der Waals surface area (Å²) in [7, 11) is 0. The first-order valence-electron chi connectivity index (χ1n) is 6.46. The summed E-state index contributed by atoms with van der Waals surface area (Å²) in [5.41, 5.74) is 0.129. The molecule has 1 fully saturated rings. The SMILES string of the molecule is O=C(c1c(F)cccc1Br)N1CCCCC1CCCl. The molecule has 2 rings (SSSR count). The van der Waals surface area contributed by atoms with Crippen LogP contribution in [0, 0.1) is 5.82 Å². The Morgan fingerprint density at radius 2 is 2.26 bits per heavy atom. The van der Waals surface area contributed by atoms with Crippen molar-refractivity contribution in [3.63, 3.8) is 0 Å². The van der Waals surface area contributed by atoms with Gasteiger partial charge < -0.3 is 4.90 Å². The smallest absolute Gasteiger partial charge is 0.258 e. The van der Waals surface area contributed by atoms with Crippen LogP contribution in [0.25, 0.3) is 0 Å². The van der Waals surface area contributed by atoms with Crippen LogP contribution in [0.1, 0.15) is 36.0 Å². The molecule has 1 aliphatic rings. The summed E-state index contributed by atoms with van der Waals surface area (Å²) >= 11 is 9.05. The van der Waals surface area contributed by atoms with Gasteiger partial charge >= 0.3 is 0 Å². The zero-order valence-electron chi connectivity index (χ0n) is 10.5. The maximum Gasteiger partial charge on any atom is 0.258 e. The van der Waals surface area contributed by atoms with E-state index in [1.807, 2.05) is 0 Å². The molecule has 0 aromatic heterocycles. The van der Waals surface area contributed by atoms with E-state index >= 15 is 0 Å². The predicted octanol–water partition coefficient (Wildman–Crippen LogP) is 4.21. The van der Waals surface area contributed by atoms with Crippen LogP contribution in [-0.4, -0.2) is 29.3 Å². The molecule has 0 radical (unpaired) electrons. The molecule has 1 amide bonds. The standard InChI is InChI=1S/C14H16BrClFNO/c15-11-5-3-6-12(17)13(11)14(19)18-9-2-1-4-10(18)7-8-16/h3,5-6,10H,1-2,4,7-9H2. The van der Waals surface area contributed by atoms with E-state index in [-0.39, 0.29) is 17.5 Å². The zero-order chi connectivity index (χ0) is 13.8. The highest BCUT2D eigenvalue weighted by atomic mass is 79.9. The van der Waals surface area contributed by atoms with Gasteiger partial charge in [0.2, 0.25) is 0 Å². The van der Waals surface area contributed by atoms with E-state index in [1.165, 1.54) is 6.07 Å². The molecule has 0 aliphatic carbocycles. The van der Waals surface area contributed by atoms with Crippen LogP contribution < -0.4 is 0 Å². The number of halogens is 3. The summed E-state index contributed by atoms with van der Waals surface area (Å²) in [6.45, 7) is 0.682. The Bertz CT molecular complexity index is 447. The number of carbonyl (C=O) groups excluding carboxylic acids is 1. The minimum atomic E-state index is -0.477.